The van der Waals surface area contributed by atoms with Crippen LogP contribution in [0.2, 0.25) is 0 Å². The molecule has 0 radical (unpaired) electrons. The van der Waals surface area contributed by atoms with Gasteiger partial charge in [0.1, 0.15) is 0 Å². The minimum atomic E-state index is 0.518. The Balaban J connectivity index is 1.78. The Morgan fingerprint density at radius 3 is 2.39 bits per heavy atom. The van der Waals surface area contributed by atoms with E-state index in [2.05, 4.69) is 38.0 Å². The Kier molecular flexibility index (Phi) is 4.71. The average Bonchev–Trinajstić information content (AvgIpc) is 2.76. The number of rotatable bonds is 4. The summed E-state index contributed by atoms with van der Waals surface area (Å²) < 4.78 is 0. The lowest BCUT2D eigenvalue weighted by atomic mass is 9.78. The molecule has 1 saturated carbocycles. The van der Waals surface area contributed by atoms with Crippen molar-refractivity contribution in [2.75, 3.05) is 26.7 Å². The van der Waals surface area contributed by atoms with Gasteiger partial charge in [0.25, 0.3) is 0 Å². The summed E-state index contributed by atoms with van der Waals surface area (Å²) in [5, 5.41) is 3.52. The largest absolute Gasteiger partial charge is 0.316 e. The molecule has 1 aliphatic heterocycles. The molecule has 1 N–H and O–H groups in total. The van der Waals surface area contributed by atoms with Crippen molar-refractivity contribution in [2.45, 2.75) is 58.9 Å². The molecule has 0 bridgehead atoms. The van der Waals surface area contributed by atoms with Gasteiger partial charge in [-0.1, -0.05) is 20.8 Å². The summed E-state index contributed by atoms with van der Waals surface area (Å²) in [6.45, 7) is 10.9. The Morgan fingerprint density at radius 1 is 1.22 bits per heavy atom. The molecular formula is C16H32N2. The van der Waals surface area contributed by atoms with E-state index < -0.39 is 0 Å². The molecule has 2 heteroatoms. The van der Waals surface area contributed by atoms with E-state index in [1.165, 1.54) is 51.7 Å². The van der Waals surface area contributed by atoms with Crippen molar-refractivity contribution in [3.63, 3.8) is 0 Å². The van der Waals surface area contributed by atoms with Crippen LogP contribution in [0.15, 0.2) is 0 Å². The smallest absolute Gasteiger partial charge is 0.00926 e. The third-order valence-electron chi connectivity index (χ3n) is 5.40. The van der Waals surface area contributed by atoms with Crippen LogP contribution in [-0.2, 0) is 0 Å². The van der Waals surface area contributed by atoms with Gasteiger partial charge in [-0.15, -0.1) is 0 Å². The molecule has 106 valence electrons. The van der Waals surface area contributed by atoms with E-state index in [0.717, 1.165) is 17.9 Å². The van der Waals surface area contributed by atoms with Gasteiger partial charge in [-0.25, -0.2) is 0 Å². The first kappa shape index (κ1) is 14.3. The monoisotopic (exact) mass is 252 g/mol. The van der Waals surface area contributed by atoms with Crippen LogP contribution in [-0.4, -0.2) is 37.6 Å². The SMILES string of the molecule is CC(C)C1CCC(N(C)CC2(C)CCNC2)CC1. The highest BCUT2D eigenvalue weighted by atomic mass is 15.1. The van der Waals surface area contributed by atoms with Crippen LogP contribution in [0.3, 0.4) is 0 Å². The second kappa shape index (κ2) is 5.92. The molecule has 0 aromatic rings. The van der Waals surface area contributed by atoms with Crippen LogP contribution in [0.25, 0.3) is 0 Å². The van der Waals surface area contributed by atoms with Crippen molar-refractivity contribution < 1.29 is 0 Å². The van der Waals surface area contributed by atoms with Gasteiger partial charge < -0.3 is 10.2 Å². The van der Waals surface area contributed by atoms with Crippen molar-refractivity contribution in [1.82, 2.24) is 10.2 Å². The molecule has 2 nitrogen and oxygen atoms in total. The van der Waals surface area contributed by atoms with Gasteiger partial charge in [0.15, 0.2) is 0 Å². The molecule has 2 fully saturated rings. The van der Waals surface area contributed by atoms with Crippen LogP contribution in [0.5, 0.6) is 0 Å². The van der Waals surface area contributed by atoms with Gasteiger partial charge in [0.2, 0.25) is 0 Å². The first-order valence-corrected chi connectivity index (χ1v) is 7.91. The van der Waals surface area contributed by atoms with Crippen LogP contribution in [0.4, 0.5) is 0 Å². The number of nitrogens with zero attached hydrogens (tertiary/aromatic N) is 1. The fourth-order valence-electron chi connectivity index (χ4n) is 3.94. The second-order valence-electron chi connectivity index (χ2n) is 7.47. The molecule has 0 aromatic carbocycles. The van der Waals surface area contributed by atoms with E-state index >= 15 is 0 Å². The second-order valence-corrected chi connectivity index (χ2v) is 7.47. The molecule has 0 spiro atoms. The highest BCUT2D eigenvalue weighted by Crippen LogP contribution is 2.33. The summed E-state index contributed by atoms with van der Waals surface area (Å²) in [6.07, 6.45) is 7.08. The van der Waals surface area contributed by atoms with E-state index in [-0.39, 0.29) is 0 Å². The molecule has 2 rings (SSSR count). The Morgan fingerprint density at radius 2 is 1.89 bits per heavy atom. The lowest BCUT2D eigenvalue weighted by Crippen LogP contribution is -2.42. The van der Waals surface area contributed by atoms with Gasteiger partial charge in [-0.2, -0.15) is 0 Å². The van der Waals surface area contributed by atoms with E-state index in [1.54, 1.807) is 0 Å². The number of hydrogen-bond acceptors (Lipinski definition) is 2. The minimum absolute atomic E-state index is 0.518. The first-order chi connectivity index (χ1) is 8.50. The van der Waals surface area contributed by atoms with Crippen LogP contribution < -0.4 is 5.32 Å². The zero-order valence-electron chi connectivity index (χ0n) is 12.8. The molecule has 1 heterocycles. The maximum absolute atomic E-state index is 3.52. The Bertz CT molecular complexity index is 248. The fraction of sp³-hybridized carbons (Fsp3) is 1.00. The van der Waals surface area contributed by atoms with Gasteiger partial charge in [-0.05, 0) is 62.9 Å². The van der Waals surface area contributed by atoms with E-state index in [4.69, 9.17) is 0 Å². The maximum atomic E-state index is 3.52. The lowest BCUT2D eigenvalue weighted by molar-refractivity contribution is 0.108. The standard InChI is InChI=1S/C16H32N2/c1-13(2)14-5-7-15(8-6-14)18(4)12-16(3)9-10-17-11-16/h13-15,17H,5-12H2,1-4H3. The maximum Gasteiger partial charge on any atom is 0.00926 e. The van der Waals surface area contributed by atoms with Crippen molar-refractivity contribution in [3.8, 4) is 0 Å². The summed E-state index contributed by atoms with van der Waals surface area (Å²) in [6, 6.07) is 0.845. The Hall–Kier alpha value is -0.0800. The van der Waals surface area contributed by atoms with Gasteiger partial charge in [0, 0.05) is 19.1 Å². The summed E-state index contributed by atoms with van der Waals surface area (Å²) in [7, 11) is 2.35. The molecule has 0 aromatic heterocycles. The van der Waals surface area contributed by atoms with Gasteiger partial charge >= 0.3 is 0 Å². The zero-order valence-corrected chi connectivity index (χ0v) is 12.8. The molecule has 1 unspecified atom stereocenters. The topological polar surface area (TPSA) is 15.3 Å². The lowest BCUT2D eigenvalue weighted by Gasteiger charge is -2.39. The normalized spacial score (nSPS) is 37.7. The molecule has 1 atom stereocenters. The minimum Gasteiger partial charge on any atom is -0.316 e. The quantitative estimate of drug-likeness (QED) is 0.827. The molecule has 1 aliphatic carbocycles. The highest BCUT2D eigenvalue weighted by Gasteiger charge is 2.33. The van der Waals surface area contributed by atoms with Crippen molar-refractivity contribution in [1.29, 1.82) is 0 Å². The summed E-state index contributed by atoms with van der Waals surface area (Å²) in [4.78, 5) is 2.66. The van der Waals surface area contributed by atoms with Crippen molar-refractivity contribution in [3.05, 3.63) is 0 Å². The summed E-state index contributed by atoms with van der Waals surface area (Å²) >= 11 is 0. The summed E-state index contributed by atoms with van der Waals surface area (Å²) in [5.41, 5.74) is 0.518. The molecule has 2 aliphatic rings. The third-order valence-corrected chi connectivity index (χ3v) is 5.40. The van der Waals surface area contributed by atoms with Crippen molar-refractivity contribution in [2.24, 2.45) is 17.3 Å². The van der Waals surface area contributed by atoms with Crippen molar-refractivity contribution >= 4 is 0 Å². The van der Waals surface area contributed by atoms with E-state index in [9.17, 15) is 0 Å². The van der Waals surface area contributed by atoms with Crippen LogP contribution in [0, 0.1) is 17.3 Å². The highest BCUT2D eigenvalue weighted by molar-refractivity contribution is 4.88. The molecule has 18 heavy (non-hydrogen) atoms. The molecule has 0 amide bonds. The molecular weight excluding hydrogens is 220 g/mol. The number of nitrogens with one attached hydrogen (secondary N) is 1. The van der Waals surface area contributed by atoms with E-state index in [1.807, 2.05) is 0 Å². The van der Waals surface area contributed by atoms with Gasteiger partial charge in [0.05, 0.1) is 0 Å². The first-order valence-electron chi connectivity index (χ1n) is 7.91. The average molecular weight is 252 g/mol. The number of hydrogen-bond donors (Lipinski definition) is 1. The zero-order chi connectivity index (χ0) is 13.2. The van der Waals surface area contributed by atoms with Gasteiger partial charge in [-0.3, -0.25) is 0 Å². The van der Waals surface area contributed by atoms with E-state index in [0.29, 0.717) is 5.41 Å². The third kappa shape index (κ3) is 3.48. The summed E-state index contributed by atoms with van der Waals surface area (Å²) in [5.74, 6) is 1.87. The molecule has 1 saturated heterocycles. The fourth-order valence-corrected chi connectivity index (χ4v) is 3.94. The van der Waals surface area contributed by atoms with Crippen LogP contribution in [0.1, 0.15) is 52.9 Å². The predicted molar refractivity (Wildman–Crippen MR) is 78.8 cm³/mol. The van der Waals surface area contributed by atoms with Crippen LogP contribution >= 0.6 is 0 Å². The Labute approximate surface area is 114 Å². The predicted octanol–water partition coefficient (Wildman–Crippen LogP) is 3.13.